The van der Waals surface area contributed by atoms with Gasteiger partial charge in [0.25, 0.3) is 0 Å². The average molecular weight is 229 g/mol. The van der Waals surface area contributed by atoms with Gasteiger partial charge in [-0.05, 0) is 18.9 Å². The van der Waals surface area contributed by atoms with Crippen LogP contribution < -0.4 is 0 Å². The lowest BCUT2D eigenvalue weighted by Crippen LogP contribution is -2.17. The zero-order valence-electron chi connectivity index (χ0n) is 8.53. The largest absolute Gasteiger partial charge is 0.500 e. The first-order valence-corrected chi connectivity index (χ1v) is 6.85. The number of nitrogens with zero attached hydrogens (tertiary/aromatic N) is 1. The van der Waals surface area contributed by atoms with Gasteiger partial charge < -0.3 is 4.74 Å². The molecule has 1 unspecified atom stereocenters. The number of aliphatic imine (C=N–C) groups is 1. The molecular weight excluding hydrogens is 214 g/mol. The second-order valence-electron chi connectivity index (χ2n) is 2.80. The molecule has 14 heavy (non-hydrogen) atoms. The second kappa shape index (κ2) is 6.19. The Morgan fingerprint density at radius 2 is 2.43 bits per heavy atom. The summed E-state index contributed by atoms with van der Waals surface area (Å²) in [7, 11) is 0. The minimum atomic E-state index is 0.256. The van der Waals surface area contributed by atoms with Crippen molar-refractivity contribution in [3.05, 3.63) is 23.8 Å². The van der Waals surface area contributed by atoms with Gasteiger partial charge in [-0.15, -0.1) is 23.5 Å². The summed E-state index contributed by atoms with van der Waals surface area (Å²) in [5.74, 6) is 0. The highest BCUT2D eigenvalue weighted by Crippen LogP contribution is 2.26. The third kappa shape index (κ3) is 3.10. The molecule has 0 aromatic rings. The minimum absolute atomic E-state index is 0.256. The van der Waals surface area contributed by atoms with E-state index in [1.54, 1.807) is 23.5 Å². The number of rotatable bonds is 4. The lowest BCUT2D eigenvalue weighted by Gasteiger charge is -2.18. The van der Waals surface area contributed by atoms with Gasteiger partial charge in [0.1, 0.15) is 11.7 Å². The highest BCUT2D eigenvalue weighted by Gasteiger charge is 2.16. The van der Waals surface area contributed by atoms with Crippen molar-refractivity contribution >= 4 is 28.6 Å². The van der Waals surface area contributed by atoms with Gasteiger partial charge in [-0.25, -0.2) is 0 Å². The van der Waals surface area contributed by atoms with E-state index in [9.17, 15) is 0 Å². The van der Waals surface area contributed by atoms with Gasteiger partial charge in [-0.1, -0.05) is 12.7 Å². The van der Waals surface area contributed by atoms with E-state index in [0.29, 0.717) is 6.61 Å². The maximum absolute atomic E-state index is 5.15. The quantitative estimate of drug-likeness (QED) is 0.692. The molecule has 0 aromatic carbocycles. The molecule has 0 saturated heterocycles. The van der Waals surface area contributed by atoms with Gasteiger partial charge in [0, 0.05) is 4.91 Å². The molecule has 0 radical (unpaired) electrons. The third-order valence-electron chi connectivity index (χ3n) is 1.91. The topological polar surface area (TPSA) is 21.6 Å². The Morgan fingerprint density at radius 1 is 1.64 bits per heavy atom. The summed E-state index contributed by atoms with van der Waals surface area (Å²) < 4.78 is 5.15. The SMILES string of the molecule is C=COCC1CC=C(SC)C(SC)=N1. The van der Waals surface area contributed by atoms with Crippen LogP contribution in [-0.2, 0) is 4.74 Å². The molecule has 0 fully saturated rings. The van der Waals surface area contributed by atoms with E-state index >= 15 is 0 Å². The Labute approximate surface area is 93.9 Å². The number of thioether (sulfide) groups is 2. The summed E-state index contributed by atoms with van der Waals surface area (Å²) in [5, 5.41) is 1.13. The third-order valence-corrected chi connectivity index (χ3v) is 3.55. The van der Waals surface area contributed by atoms with E-state index in [1.165, 1.54) is 11.2 Å². The standard InChI is InChI=1S/C10H15NOS2/c1-4-12-7-8-5-6-9(13-2)10(11-8)14-3/h4,6,8H,1,5,7H2,2-3H3. The molecule has 0 aliphatic carbocycles. The Hall–Kier alpha value is -0.350. The first kappa shape index (κ1) is 11.7. The Balaban J connectivity index is 2.58. The maximum Gasteiger partial charge on any atom is 0.110 e. The van der Waals surface area contributed by atoms with Crippen LogP contribution in [0, 0.1) is 0 Å². The molecule has 4 heteroatoms. The molecule has 0 amide bonds. The highest BCUT2D eigenvalue weighted by atomic mass is 32.2. The van der Waals surface area contributed by atoms with Gasteiger partial charge in [-0.2, -0.15) is 0 Å². The van der Waals surface area contributed by atoms with Crippen molar-refractivity contribution < 1.29 is 4.74 Å². The molecule has 0 N–H and O–H groups in total. The van der Waals surface area contributed by atoms with Gasteiger partial charge in [0.2, 0.25) is 0 Å². The zero-order valence-corrected chi connectivity index (χ0v) is 10.2. The van der Waals surface area contributed by atoms with Crippen LogP contribution in [0.3, 0.4) is 0 Å². The summed E-state index contributed by atoms with van der Waals surface area (Å²) in [4.78, 5) is 5.89. The van der Waals surface area contributed by atoms with Crippen LogP contribution in [0.2, 0.25) is 0 Å². The fourth-order valence-electron chi connectivity index (χ4n) is 1.22. The van der Waals surface area contributed by atoms with E-state index < -0.39 is 0 Å². The van der Waals surface area contributed by atoms with E-state index in [4.69, 9.17) is 4.74 Å². The highest BCUT2D eigenvalue weighted by molar-refractivity contribution is 8.17. The lowest BCUT2D eigenvalue weighted by atomic mass is 10.2. The van der Waals surface area contributed by atoms with Crippen molar-refractivity contribution in [1.29, 1.82) is 0 Å². The van der Waals surface area contributed by atoms with Crippen LogP contribution in [0.5, 0.6) is 0 Å². The summed E-state index contributed by atoms with van der Waals surface area (Å²) >= 11 is 3.45. The molecule has 0 aromatic heterocycles. The number of hydrogen-bond donors (Lipinski definition) is 0. The van der Waals surface area contributed by atoms with Crippen LogP contribution in [0.1, 0.15) is 6.42 Å². The predicted molar refractivity (Wildman–Crippen MR) is 67.1 cm³/mol. The predicted octanol–water partition coefficient (Wildman–Crippen LogP) is 2.93. The monoisotopic (exact) mass is 229 g/mol. The molecule has 0 bridgehead atoms. The summed E-state index contributed by atoms with van der Waals surface area (Å²) in [6, 6.07) is 0.256. The minimum Gasteiger partial charge on any atom is -0.500 e. The molecule has 0 saturated carbocycles. The Morgan fingerprint density at radius 3 is 3.00 bits per heavy atom. The fourth-order valence-corrected chi connectivity index (χ4v) is 2.75. The molecule has 2 nitrogen and oxygen atoms in total. The van der Waals surface area contributed by atoms with Gasteiger partial charge >= 0.3 is 0 Å². The van der Waals surface area contributed by atoms with Crippen molar-refractivity contribution in [2.24, 2.45) is 4.99 Å². The fraction of sp³-hybridized carbons (Fsp3) is 0.500. The van der Waals surface area contributed by atoms with Crippen molar-refractivity contribution in [3.63, 3.8) is 0 Å². The van der Waals surface area contributed by atoms with E-state index in [1.807, 2.05) is 0 Å². The van der Waals surface area contributed by atoms with Gasteiger partial charge in [-0.3, -0.25) is 4.99 Å². The maximum atomic E-state index is 5.15. The van der Waals surface area contributed by atoms with Crippen molar-refractivity contribution in [3.8, 4) is 0 Å². The van der Waals surface area contributed by atoms with Crippen molar-refractivity contribution in [1.82, 2.24) is 0 Å². The molecule has 1 heterocycles. The van der Waals surface area contributed by atoms with Crippen LogP contribution in [0.15, 0.2) is 28.8 Å². The molecule has 1 atom stereocenters. The first-order valence-electron chi connectivity index (χ1n) is 4.40. The smallest absolute Gasteiger partial charge is 0.110 e. The Bertz CT molecular complexity index is 261. The molecule has 1 rings (SSSR count). The van der Waals surface area contributed by atoms with Gasteiger partial charge in [0.15, 0.2) is 0 Å². The molecule has 1 aliphatic heterocycles. The van der Waals surface area contributed by atoms with E-state index in [0.717, 1.165) is 11.5 Å². The zero-order chi connectivity index (χ0) is 10.4. The summed E-state index contributed by atoms with van der Waals surface area (Å²) in [6.45, 7) is 4.15. The van der Waals surface area contributed by atoms with E-state index in [-0.39, 0.29) is 6.04 Å². The van der Waals surface area contributed by atoms with Crippen LogP contribution in [0.4, 0.5) is 0 Å². The normalized spacial score (nSPS) is 21.1. The number of hydrogen-bond acceptors (Lipinski definition) is 4. The molecule has 78 valence electrons. The summed E-state index contributed by atoms with van der Waals surface area (Å²) in [5.41, 5.74) is 0. The second-order valence-corrected chi connectivity index (χ2v) is 4.44. The van der Waals surface area contributed by atoms with Crippen LogP contribution >= 0.6 is 23.5 Å². The van der Waals surface area contributed by atoms with Crippen LogP contribution in [-0.4, -0.2) is 30.2 Å². The molecular formula is C10H15NOS2. The lowest BCUT2D eigenvalue weighted by molar-refractivity contribution is 0.229. The summed E-state index contributed by atoms with van der Waals surface area (Å²) in [6.07, 6.45) is 8.81. The Kier molecular flexibility index (Phi) is 5.19. The van der Waals surface area contributed by atoms with Gasteiger partial charge in [0.05, 0.1) is 12.3 Å². The molecule has 0 spiro atoms. The number of ether oxygens (including phenoxy) is 1. The number of dihydropyridines is 1. The van der Waals surface area contributed by atoms with Crippen molar-refractivity contribution in [2.45, 2.75) is 12.5 Å². The van der Waals surface area contributed by atoms with E-state index in [2.05, 4.69) is 30.2 Å². The average Bonchev–Trinajstić information content (AvgIpc) is 2.25. The molecule has 1 aliphatic rings. The first-order chi connectivity index (χ1) is 6.81. The van der Waals surface area contributed by atoms with Crippen LogP contribution in [0.25, 0.3) is 0 Å². The van der Waals surface area contributed by atoms with Crippen molar-refractivity contribution in [2.75, 3.05) is 19.1 Å².